The summed E-state index contributed by atoms with van der Waals surface area (Å²) in [6.45, 7) is 0.381. The van der Waals surface area contributed by atoms with Crippen molar-refractivity contribution in [1.29, 1.82) is 0 Å². The van der Waals surface area contributed by atoms with Gasteiger partial charge in [0.15, 0.2) is 0 Å². The fraction of sp³-hybridized carbons (Fsp3) is 0.250. The van der Waals surface area contributed by atoms with Gasteiger partial charge in [0.1, 0.15) is 18.1 Å². The number of nitrogens with one attached hydrogen (secondary N) is 2. The van der Waals surface area contributed by atoms with Gasteiger partial charge in [0.25, 0.3) is 0 Å². The molecule has 5 rings (SSSR count). The maximum atomic E-state index is 12.8. The van der Waals surface area contributed by atoms with Crippen molar-refractivity contribution in [3.8, 4) is 11.5 Å². The number of fused-ring (bicyclic) bond motifs is 2. The lowest BCUT2D eigenvalue weighted by Crippen LogP contribution is -2.40. The number of benzene rings is 2. The topological polar surface area (TPSA) is 72.5 Å². The Kier molecular flexibility index (Phi) is 5.19. The molecule has 6 nitrogen and oxygen atoms in total. The summed E-state index contributed by atoms with van der Waals surface area (Å²) in [7, 11) is 1.66. The first-order chi connectivity index (χ1) is 15.2. The number of carbonyl (C=O) groups is 1. The summed E-state index contributed by atoms with van der Waals surface area (Å²) in [5.74, 6) is 1.55. The van der Waals surface area contributed by atoms with Crippen molar-refractivity contribution >= 4 is 29.2 Å². The summed E-state index contributed by atoms with van der Waals surface area (Å²) < 4.78 is 15.0. The average molecular weight is 434 g/mol. The fourth-order valence-corrected chi connectivity index (χ4v) is 4.88. The minimum absolute atomic E-state index is 0.0782. The first kappa shape index (κ1) is 19.8. The number of methoxy groups -OCH3 is 1. The van der Waals surface area contributed by atoms with E-state index in [0.717, 1.165) is 52.4 Å². The summed E-state index contributed by atoms with van der Waals surface area (Å²) in [4.78, 5) is 17.9. The summed E-state index contributed by atoms with van der Waals surface area (Å²) in [6.07, 6.45) is 6.33. The Morgan fingerprint density at radius 2 is 2.03 bits per heavy atom. The van der Waals surface area contributed by atoms with E-state index in [-0.39, 0.29) is 5.91 Å². The van der Waals surface area contributed by atoms with Gasteiger partial charge in [-0.2, -0.15) is 0 Å². The van der Waals surface area contributed by atoms with Crippen LogP contribution in [0.2, 0.25) is 0 Å². The van der Waals surface area contributed by atoms with Gasteiger partial charge >= 0.3 is 0 Å². The maximum Gasteiger partial charge on any atom is 0.235 e. The van der Waals surface area contributed by atoms with E-state index in [1.807, 2.05) is 42.5 Å². The number of amides is 1. The molecular formula is C24H23N3O3S. The summed E-state index contributed by atoms with van der Waals surface area (Å²) in [6, 6.07) is 15.7. The molecule has 1 saturated carbocycles. The number of para-hydroxylation sites is 1. The van der Waals surface area contributed by atoms with Gasteiger partial charge < -0.3 is 19.5 Å². The number of pyridine rings is 1. The van der Waals surface area contributed by atoms with E-state index < -0.39 is 5.41 Å². The first-order valence-electron chi connectivity index (χ1n) is 10.3. The van der Waals surface area contributed by atoms with E-state index in [4.69, 9.17) is 9.47 Å². The minimum Gasteiger partial charge on any atom is -0.496 e. The number of anilines is 2. The van der Waals surface area contributed by atoms with Crippen molar-refractivity contribution in [3.05, 3.63) is 72.1 Å². The third kappa shape index (κ3) is 3.59. The fourth-order valence-electron chi connectivity index (χ4n) is 4.14. The highest BCUT2D eigenvalue weighted by Crippen LogP contribution is 2.54. The Balaban J connectivity index is 1.45. The monoisotopic (exact) mass is 433 g/mol. The molecule has 0 atom stereocenters. The lowest BCUT2D eigenvalue weighted by atomic mass is 9.65. The molecule has 2 heterocycles. The zero-order valence-corrected chi connectivity index (χ0v) is 18.0. The molecule has 1 aliphatic heterocycles. The lowest BCUT2D eigenvalue weighted by molar-refractivity contribution is -0.123. The zero-order valence-electron chi connectivity index (χ0n) is 17.2. The smallest absolute Gasteiger partial charge is 0.235 e. The molecule has 0 saturated heterocycles. The second kappa shape index (κ2) is 8.15. The van der Waals surface area contributed by atoms with Crippen molar-refractivity contribution in [1.82, 2.24) is 4.98 Å². The Hall–Kier alpha value is -3.19. The number of rotatable bonds is 7. The standard InChI is InChI=1S/C24H23N3O3S/c1-29-19-7-2-3-8-21(19)31-27-17-12-18-22(26-23(28)24(18)9-5-10-24)20(13-17)30-15-16-6-4-11-25-14-16/h2-4,6-8,11-14,27H,5,9-10,15H2,1H3,(H,26,28). The van der Waals surface area contributed by atoms with Crippen LogP contribution in [0.4, 0.5) is 11.4 Å². The third-order valence-corrected chi connectivity index (χ3v) is 6.86. The van der Waals surface area contributed by atoms with Crippen LogP contribution in [-0.2, 0) is 16.8 Å². The van der Waals surface area contributed by atoms with Gasteiger partial charge in [-0.15, -0.1) is 0 Å². The van der Waals surface area contributed by atoms with Crippen LogP contribution in [-0.4, -0.2) is 18.0 Å². The third-order valence-electron chi connectivity index (χ3n) is 5.96. The van der Waals surface area contributed by atoms with Crippen molar-refractivity contribution < 1.29 is 14.3 Å². The molecule has 31 heavy (non-hydrogen) atoms. The molecule has 1 aromatic heterocycles. The number of ether oxygens (including phenoxy) is 2. The highest BCUT2D eigenvalue weighted by atomic mass is 32.2. The van der Waals surface area contributed by atoms with Gasteiger partial charge in [0, 0.05) is 29.7 Å². The second-order valence-electron chi connectivity index (χ2n) is 7.79. The van der Waals surface area contributed by atoms with Crippen LogP contribution in [0.25, 0.3) is 0 Å². The zero-order chi connectivity index (χ0) is 21.3. The molecule has 2 N–H and O–H groups in total. The lowest BCUT2D eigenvalue weighted by Gasteiger charge is -2.36. The Morgan fingerprint density at radius 1 is 1.16 bits per heavy atom. The van der Waals surface area contributed by atoms with Crippen LogP contribution in [0.1, 0.15) is 30.4 Å². The number of nitrogens with zero attached hydrogens (tertiary/aromatic N) is 1. The molecule has 1 spiro atoms. The van der Waals surface area contributed by atoms with Gasteiger partial charge in [-0.05, 0) is 54.6 Å². The SMILES string of the molecule is COc1ccccc1SNc1cc(OCc2cccnc2)c2c(c1)C1(CCC1)C(=O)N2. The van der Waals surface area contributed by atoms with E-state index in [1.165, 1.54) is 11.9 Å². The molecule has 0 bridgehead atoms. The van der Waals surface area contributed by atoms with Crippen LogP contribution >= 0.6 is 11.9 Å². The molecule has 7 heteroatoms. The van der Waals surface area contributed by atoms with Crippen LogP contribution in [0.15, 0.2) is 65.8 Å². The van der Waals surface area contributed by atoms with Crippen molar-refractivity contribution in [2.45, 2.75) is 36.2 Å². The number of aromatic nitrogens is 1. The van der Waals surface area contributed by atoms with E-state index in [0.29, 0.717) is 12.4 Å². The number of hydrogen-bond acceptors (Lipinski definition) is 6. The predicted molar refractivity (Wildman–Crippen MR) is 122 cm³/mol. The number of carbonyl (C=O) groups excluding carboxylic acids is 1. The molecule has 1 fully saturated rings. The molecule has 2 aliphatic rings. The highest BCUT2D eigenvalue weighted by Gasteiger charge is 2.52. The minimum atomic E-state index is -0.422. The van der Waals surface area contributed by atoms with Crippen LogP contribution in [0.3, 0.4) is 0 Å². The Morgan fingerprint density at radius 3 is 2.77 bits per heavy atom. The second-order valence-corrected chi connectivity index (χ2v) is 8.64. The van der Waals surface area contributed by atoms with E-state index in [2.05, 4.69) is 21.1 Å². The normalized spacial score (nSPS) is 15.7. The van der Waals surface area contributed by atoms with Crippen LogP contribution < -0.4 is 19.5 Å². The molecule has 3 aromatic rings. The van der Waals surface area contributed by atoms with Gasteiger partial charge in [-0.3, -0.25) is 9.78 Å². The molecule has 158 valence electrons. The molecule has 1 amide bonds. The van der Waals surface area contributed by atoms with E-state index in [1.54, 1.807) is 19.5 Å². The number of hydrogen-bond donors (Lipinski definition) is 2. The summed E-state index contributed by atoms with van der Waals surface area (Å²) in [5, 5.41) is 3.08. The predicted octanol–water partition coefficient (Wildman–Crippen LogP) is 5.16. The average Bonchev–Trinajstić information content (AvgIpc) is 3.09. The van der Waals surface area contributed by atoms with Crippen molar-refractivity contribution in [2.24, 2.45) is 0 Å². The van der Waals surface area contributed by atoms with Crippen LogP contribution in [0, 0.1) is 0 Å². The quantitative estimate of drug-likeness (QED) is 0.502. The van der Waals surface area contributed by atoms with Crippen molar-refractivity contribution in [2.75, 3.05) is 17.1 Å². The van der Waals surface area contributed by atoms with Gasteiger partial charge in [-0.1, -0.05) is 24.6 Å². The van der Waals surface area contributed by atoms with Crippen molar-refractivity contribution in [3.63, 3.8) is 0 Å². The van der Waals surface area contributed by atoms with Crippen LogP contribution in [0.5, 0.6) is 11.5 Å². The molecule has 0 radical (unpaired) electrons. The first-order valence-corrected chi connectivity index (χ1v) is 11.1. The van der Waals surface area contributed by atoms with E-state index in [9.17, 15) is 4.79 Å². The summed E-state index contributed by atoms with van der Waals surface area (Å²) >= 11 is 1.47. The highest BCUT2D eigenvalue weighted by molar-refractivity contribution is 8.00. The van der Waals surface area contributed by atoms with Gasteiger partial charge in [0.2, 0.25) is 5.91 Å². The largest absolute Gasteiger partial charge is 0.496 e. The molecule has 1 aliphatic carbocycles. The molecular weight excluding hydrogens is 410 g/mol. The molecule has 0 unspecified atom stereocenters. The molecule has 2 aromatic carbocycles. The Labute approximate surface area is 185 Å². The maximum absolute atomic E-state index is 12.8. The van der Waals surface area contributed by atoms with Gasteiger partial charge in [-0.25, -0.2) is 0 Å². The Bertz CT molecular complexity index is 1120. The van der Waals surface area contributed by atoms with E-state index >= 15 is 0 Å². The van der Waals surface area contributed by atoms with Gasteiger partial charge in [0.05, 0.1) is 23.1 Å². The summed E-state index contributed by atoms with van der Waals surface area (Å²) in [5.41, 5.74) is 3.26.